The van der Waals surface area contributed by atoms with Gasteiger partial charge < -0.3 is 14.8 Å². The van der Waals surface area contributed by atoms with E-state index in [0.29, 0.717) is 31.9 Å². The van der Waals surface area contributed by atoms with Gasteiger partial charge in [0, 0.05) is 26.2 Å². The number of piperazine rings is 1. The zero-order valence-electron chi connectivity index (χ0n) is 15.0. The van der Waals surface area contributed by atoms with Crippen LogP contribution in [0.3, 0.4) is 0 Å². The van der Waals surface area contributed by atoms with Gasteiger partial charge in [-0.15, -0.1) is 0 Å². The normalized spacial score (nSPS) is 15.3. The van der Waals surface area contributed by atoms with Crippen molar-refractivity contribution in [2.45, 2.75) is 26.2 Å². The molecule has 1 aromatic carbocycles. The van der Waals surface area contributed by atoms with Crippen molar-refractivity contribution in [3.05, 3.63) is 53.6 Å². The summed E-state index contributed by atoms with van der Waals surface area (Å²) in [5.41, 5.74) is 0.932. The minimum absolute atomic E-state index is 0.0602. The van der Waals surface area contributed by atoms with Crippen molar-refractivity contribution in [1.29, 1.82) is 0 Å². The summed E-state index contributed by atoms with van der Waals surface area (Å²) >= 11 is 0. The van der Waals surface area contributed by atoms with Crippen molar-refractivity contribution in [2.24, 2.45) is 0 Å². The molecule has 1 aromatic heterocycles. The molecule has 1 N–H and O–H groups in total. The largest absolute Gasteiger partial charge is 0.338 e. The summed E-state index contributed by atoms with van der Waals surface area (Å²) in [4.78, 5) is 36.1. The molecule has 3 rings (SSSR count). The second-order valence-corrected chi connectivity index (χ2v) is 6.96. The number of aryl methyl sites for hydroxylation is 1. The Morgan fingerprint density at radius 3 is 2.20 bits per heavy atom. The number of aromatic nitrogens is 2. The molecule has 1 aliphatic rings. The topological polar surface area (TPSA) is 69.3 Å². The van der Waals surface area contributed by atoms with Crippen molar-refractivity contribution in [3.63, 3.8) is 0 Å². The van der Waals surface area contributed by atoms with Crippen LogP contribution in [-0.2, 0) is 10.2 Å². The third-order valence-corrected chi connectivity index (χ3v) is 4.82. The van der Waals surface area contributed by atoms with Gasteiger partial charge in [0.2, 0.25) is 5.91 Å². The minimum Gasteiger partial charge on any atom is -0.338 e. The van der Waals surface area contributed by atoms with Crippen molar-refractivity contribution in [2.75, 3.05) is 26.2 Å². The van der Waals surface area contributed by atoms with Gasteiger partial charge in [-0.05, 0) is 26.3 Å². The molecule has 132 valence electrons. The first-order chi connectivity index (χ1) is 11.9. The zero-order chi connectivity index (χ0) is 18.0. The number of nitrogens with one attached hydrogen (secondary N) is 1. The van der Waals surface area contributed by atoms with E-state index in [4.69, 9.17) is 0 Å². The third kappa shape index (κ3) is 3.43. The van der Waals surface area contributed by atoms with Crippen LogP contribution in [0.5, 0.6) is 0 Å². The van der Waals surface area contributed by atoms with Crippen LogP contribution in [0, 0.1) is 6.92 Å². The van der Waals surface area contributed by atoms with E-state index in [0.717, 1.165) is 11.4 Å². The highest BCUT2D eigenvalue weighted by molar-refractivity contribution is 5.92. The van der Waals surface area contributed by atoms with Crippen LogP contribution in [0.25, 0.3) is 0 Å². The lowest BCUT2D eigenvalue weighted by molar-refractivity contribution is -0.137. The molecule has 6 heteroatoms. The Balaban J connectivity index is 1.64. The Bertz CT molecular complexity index is 759. The third-order valence-electron chi connectivity index (χ3n) is 4.82. The number of rotatable bonds is 3. The minimum atomic E-state index is -0.575. The fourth-order valence-electron chi connectivity index (χ4n) is 3.19. The molecule has 6 nitrogen and oxygen atoms in total. The van der Waals surface area contributed by atoms with Gasteiger partial charge in [-0.25, -0.2) is 4.98 Å². The number of hydrogen-bond donors (Lipinski definition) is 1. The second kappa shape index (κ2) is 6.70. The van der Waals surface area contributed by atoms with Gasteiger partial charge in [0.1, 0.15) is 11.5 Å². The lowest BCUT2D eigenvalue weighted by Crippen LogP contribution is -2.54. The summed E-state index contributed by atoms with van der Waals surface area (Å²) in [5, 5.41) is 0. The molecule has 0 unspecified atom stereocenters. The fourth-order valence-corrected chi connectivity index (χ4v) is 3.19. The van der Waals surface area contributed by atoms with Crippen LogP contribution in [-0.4, -0.2) is 57.8 Å². The fraction of sp³-hybridized carbons (Fsp3) is 0.421. The van der Waals surface area contributed by atoms with Gasteiger partial charge in [0.25, 0.3) is 5.91 Å². The molecule has 0 spiro atoms. The molecule has 25 heavy (non-hydrogen) atoms. The number of benzene rings is 1. The molecular weight excluding hydrogens is 316 g/mol. The average Bonchev–Trinajstić information content (AvgIpc) is 3.07. The molecule has 2 aromatic rings. The highest BCUT2D eigenvalue weighted by Crippen LogP contribution is 2.26. The Kier molecular flexibility index (Phi) is 4.61. The van der Waals surface area contributed by atoms with E-state index in [-0.39, 0.29) is 11.8 Å². The molecule has 0 atom stereocenters. The molecular formula is C19H24N4O2. The first-order valence-corrected chi connectivity index (χ1v) is 8.55. The second-order valence-electron chi connectivity index (χ2n) is 6.96. The summed E-state index contributed by atoms with van der Waals surface area (Å²) in [5.74, 6) is 0.764. The van der Waals surface area contributed by atoms with Crippen molar-refractivity contribution >= 4 is 11.8 Å². The Morgan fingerprint density at radius 2 is 1.64 bits per heavy atom. The Hall–Kier alpha value is -2.63. The summed E-state index contributed by atoms with van der Waals surface area (Å²) < 4.78 is 0. The maximum Gasteiger partial charge on any atom is 0.272 e. The van der Waals surface area contributed by atoms with E-state index < -0.39 is 5.41 Å². The molecule has 1 aliphatic heterocycles. The number of amides is 2. The van der Waals surface area contributed by atoms with Gasteiger partial charge in [-0.3, -0.25) is 9.59 Å². The number of hydrogen-bond acceptors (Lipinski definition) is 3. The van der Waals surface area contributed by atoms with Crippen molar-refractivity contribution in [1.82, 2.24) is 19.8 Å². The van der Waals surface area contributed by atoms with E-state index in [1.165, 1.54) is 0 Å². The van der Waals surface area contributed by atoms with Crippen LogP contribution in [0.2, 0.25) is 0 Å². The zero-order valence-corrected chi connectivity index (χ0v) is 15.0. The summed E-state index contributed by atoms with van der Waals surface area (Å²) in [6.45, 7) is 7.90. The first kappa shape index (κ1) is 17.2. The molecule has 0 aliphatic carbocycles. The van der Waals surface area contributed by atoms with Crippen LogP contribution < -0.4 is 0 Å². The van der Waals surface area contributed by atoms with Crippen LogP contribution >= 0.6 is 0 Å². The van der Waals surface area contributed by atoms with Gasteiger partial charge in [-0.1, -0.05) is 30.3 Å². The van der Waals surface area contributed by atoms with Crippen molar-refractivity contribution in [3.8, 4) is 0 Å². The molecule has 0 radical (unpaired) electrons. The number of aromatic amines is 1. The van der Waals surface area contributed by atoms with E-state index in [2.05, 4.69) is 9.97 Å². The highest BCUT2D eigenvalue weighted by Gasteiger charge is 2.35. The SMILES string of the molecule is Cc1ncc(C(=O)N2CCN(C(=O)C(C)(C)c3ccccc3)CC2)[nH]1. The number of imidazole rings is 1. The van der Waals surface area contributed by atoms with Crippen LogP contribution in [0.4, 0.5) is 0 Å². The lowest BCUT2D eigenvalue weighted by atomic mass is 9.83. The van der Waals surface area contributed by atoms with E-state index in [1.54, 1.807) is 11.1 Å². The average molecular weight is 340 g/mol. The maximum absolute atomic E-state index is 13.0. The van der Waals surface area contributed by atoms with Gasteiger partial charge >= 0.3 is 0 Å². The number of carbonyl (C=O) groups is 2. The number of nitrogens with zero attached hydrogens (tertiary/aromatic N) is 3. The monoisotopic (exact) mass is 340 g/mol. The smallest absolute Gasteiger partial charge is 0.272 e. The molecule has 0 saturated carbocycles. The summed E-state index contributed by atoms with van der Waals surface area (Å²) in [6, 6.07) is 9.82. The number of H-pyrrole nitrogens is 1. The molecule has 2 heterocycles. The first-order valence-electron chi connectivity index (χ1n) is 8.55. The Labute approximate surface area is 147 Å². The van der Waals surface area contributed by atoms with Crippen LogP contribution in [0.15, 0.2) is 36.5 Å². The van der Waals surface area contributed by atoms with Gasteiger partial charge in [0.15, 0.2) is 0 Å². The standard InChI is InChI=1S/C19H24N4O2/c1-14-20-13-16(21-14)17(24)22-9-11-23(12-10-22)18(25)19(2,3)15-7-5-4-6-8-15/h4-8,13H,9-12H2,1-3H3,(H,20,21). The number of carbonyl (C=O) groups excluding carboxylic acids is 2. The van der Waals surface area contributed by atoms with E-state index in [9.17, 15) is 9.59 Å². The highest BCUT2D eigenvalue weighted by atomic mass is 16.2. The molecule has 2 amide bonds. The summed E-state index contributed by atoms with van der Waals surface area (Å²) in [6.07, 6.45) is 1.56. The van der Waals surface area contributed by atoms with E-state index in [1.807, 2.05) is 56.0 Å². The predicted molar refractivity (Wildman–Crippen MR) is 95.3 cm³/mol. The van der Waals surface area contributed by atoms with E-state index >= 15 is 0 Å². The molecule has 0 bridgehead atoms. The molecule has 1 fully saturated rings. The summed E-state index contributed by atoms with van der Waals surface area (Å²) in [7, 11) is 0. The van der Waals surface area contributed by atoms with Crippen LogP contribution in [0.1, 0.15) is 35.7 Å². The van der Waals surface area contributed by atoms with Gasteiger partial charge in [-0.2, -0.15) is 0 Å². The van der Waals surface area contributed by atoms with Gasteiger partial charge in [0.05, 0.1) is 11.6 Å². The Morgan fingerprint density at radius 1 is 1.04 bits per heavy atom. The van der Waals surface area contributed by atoms with Crippen molar-refractivity contribution < 1.29 is 9.59 Å². The maximum atomic E-state index is 13.0. The predicted octanol–water partition coefficient (Wildman–Crippen LogP) is 1.98. The lowest BCUT2D eigenvalue weighted by Gasteiger charge is -2.38. The molecule has 1 saturated heterocycles. The quantitative estimate of drug-likeness (QED) is 0.929.